The van der Waals surface area contributed by atoms with E-state index in [1.807, 2.05) is 43.3 Å². The summed E-state index contributed by atoms with van der Waals surface area (Å²) in [5, 5.41) is 17.0. The summed E-state index contributed by atoms with van der Waals surface area (Å²) in [7, 11) is 3.29. The number of methoxy groups -OCH3 is 2. The van der Waals surface area contributed by atoms with Crippen LogP contribution in [0.5, 0.6) is 11.5 Å². The van der Waals surface area contributed by atoms with E-state index in [0.717, 1.165) is 36.6 Å². The van der Waals surface area contributed by atoms with Crippen LogP contribution in [0.1, 0.15) is 43.4 Å². The van der Waals surface area contributed by atoms with Crippen LogP contribution in [0.2, 0.25) is 0 Å². The number of guanidine groups is 1. The summed E-state index contributed by atoms with van der Waals surface area (Å²) in [6.07, 6.45) is 0.286. The van der Waals surface area contributed by atoms with Crippen LogP contribution in [0.4, 0.5) is 0 Å². The number of hydrogen-bond acceptors (Lipinski definition) is 4. The number of rotatable bonds is 10. The highest BCUT2D eigenvalue weighted by atomic mass is 16.5. The molecular formula is C23H33N3O3. The molecule has 6 nitrogen and oxygen atoms in total. The van der Waals surface area contributed by atoms with E-state index in [4.69, 9.17) is 9.47 Å². The van der Waals surface area contributed by atoms with Crippen molar-refractivity contribution in [1.82, 2.24) is 10.6 Å². The lowest BCUT2D eigenvalue weighted by molar-refractivity contribution is 0.186. The van der Waals surface area contributed by atoms with Crippen molar-refractivity contribution in [1.29, 1.82) is 0 Å². The second kappa shape index (κ2) is 12.0. The molecule has 158 valence electrons. The maximum Gasteiger partial charge on any atom is 0.191 e. The van der Waals surface area contributed by atoms with Crippen LogP contribution >= 0.6 is 0 Å². The molecule has 2 atom stereocenters. The molecule has 0 saturated heterocycles. The minimum Gasteiger partial charge on any atom is -0.497 e. The quantitative estimate of drug-likeness (QED) is 0.421. The monoisotopic (exact) mass is 399 g/mol. The Morgan fingerprint density at radius 1 is 1.00 bits per heavy atom. The van der Waals surface area contributed by atoms with Gasteiger partial charge in [-0.1, -0.05) is 31.2 Å². The third-order valence-electron chi connectivity index (χ3n) is 4.80. The highest BCUT2D eigenvalue weighted by molar-refractivity contribution is 5.79. The number of ether oxygens (including phenoxy) is 2. The number of aliphatic imine (C=N–C) groups is 1. The van der Waals surface area contributed by atoms with Crippen molar-refractivity contribution in [2.24, 2.45) is 4.99 Å². The van der Waals surface area contributed by atoms with Gasteiger partial charge in [0.05, 0.1) is 26.9 Å². The Kier molecular flexibility index (Phi) is 9.31. The topological polar surface area (TPSA) is 75.1 Å². The lowest BCUT2D eigenvalue weighted by Gasteiger charge is -2.16. The third kappa shape index (κ3) is 7.31. The van der Waals surface area contributed by atoms with Gasteiger partial charge in [-0.05, 0) is 54.7 Å². The maximum atomic E-state index is 10.4. The van der Waals surface area contributed by atoms with Gasteiger partial charge in [-0.15, -0.1) is 0 Å². The van der Waals surface area contributed by atoms with Crippen molar-refractivity contribution in [3.63, 3.8) is 0 Å². The molecule has 2 unspecified atom stereocenters. The Bertz CT molecular complexity index is 762. The van der Waals surface area contributed by atoms with Crippen molar-refractivity contribution >= 4 is 5.96 Å². The van der Waals surface area contributed by atoms with Gasteiger partial charge < -0.3 is 25.2 Å². The van der Waals surface area contributed by atoms with Crippen molar-refractivity contribution in [2.75, 3.05) is 33.9 Å². The Hall–Kier alpha value is -2.73. The molecule has 2 aromatic carbocycles. The molecule has 0 amide bonds. The number of aliphatic hydroxyl groups excluding tert-OH is 1. The highest BCUT2D eigenvalue weighted by Gasteiger charge is 2.10. The lowest BCUT2D eigenvalue weighted by atomic mass is 9.98. The first kappa shape index (κ1) is 22.6. The normalized spacial score (nSPS) is 13.5. The standard InChI is InChI=1S/C23H33N3O3/c1-5-24-23(26-16-22(27)19-7-6-8-21(15-19)29-4)25-14-13-17(2)18-9-11-20(28-3)12-10-18/h6-12,15,17,22,27H,5,13-14,16H2,1-4H3,(H2,24,25,26). The molecule has 0 radical (unpaired) electrons. The number of hydrogen-bond donors (Lipinski definition) is 3. The van der Waals surface area contributed by atoms with Gasteiger partial charge in [0.2, 0.25) is 0 Å². The van der Waals surface area contributed by atoms with Gasteiger partial charge in [0.1, 0.15) is 11.5 Å². The molecule has 29 heavy (non-hydrogen) atoms. The third-order valence-corrected chi connectivity index (χ3v) is 4.80. The van der Waals surface area contributed by atoms with E-state index in [-0.39, 0.29) is 6.54 Å². The lowest BCUT2D eigenvalue weighted by Crippen LogP contribution is -2.38. The molecule has 6 heteroatoms. The fourth-order valence-electron chi connectivity index (χ4n) is 2.98. The van der Waals surface area contributed by atoms with Gasteiger partial charge in [-0.2, -0.15) is 0 Å². The SMILES string of the molecule is CCNC(=NCC(O)c1cccc(OC)c1)NCCC(C)c1ccc(OC)cc1. The van der Waals surface area contributed by atoms with Gasteiger partial charge in [-0.25, -0.2) is 0 Å². The number of nitrogens with zero attached hydrogens (tertiary/aromatic N) is 1. The summed E-state index contributed by atoms with van der Waals surface area (Å²) in [5.41, 5.74) is 2.07. The zero-order valence-electron chi connectivity index (χ0n) is 17.8. The molecule has 0 aliphatic rings. The van der Waals surface area contributed by atoms with Crippen molar-refractivity contribution in [3.05, 3.63) is 59.7 Å². The molecule has 0 fully saturated rings. The molecule has 0 aromatic heterocycles. The van der Waals surface area contributed by atoms with E-state index in [1.165, 1.54) is 5.56 Å². The molecule has 3 N–H and O–H groups in total. The van der Waals surface area contributed by atoms with Crippen LogP contribution in [0.15, 0.2) is 53.5 Å². The van der Waals surface area contributed by atoms with Crippen LogP contribution in [-0.4, -0.2) is 44.9 Å². The van der Waals surface area contributed by atoms with E-state index >= 15 is 0 Å². The average Bonchev–Trinajstić information content (AvgIpc) is 2.77. The Balaban J connectivity index is 1.87. The molecular weight excluding hydrogens is 366 g/mol. The predicted molar refractivity (Wildman–Crippen MR) is 118 cm³/mol. The number of nitrogens with one attached hydrogen (secondary N) is 2. The van der Waals surface area contributed by atoms with Crippen LogP contribution in [-0.2, 0) is 0 Å². The zero-order chi connectivity index (χ0) is 21.1. The van der Waals surface area contributed by atoms with Crippen molar-refractivity contribution in [2.45, 2.75) is 32.3 Å². The van der Waals surface area contributed by atoms with E-state index in [2.05, 4.69) is 34.7 Å². The van der Waals surface area contributed by atoms with Gasteiger partial charge in [-0.3, -0.25) is 4.99 Å². The first-order valence-electron chi connectivity index (χ1n) is 10.1. The van der Waals surface area contributed by atoms with Gasteiger partial charge in [0.15, 0.2) is 5.96 Å². The zero-order valence-corrected chi connectivity index (χ0v) is 17.8. The van der Waals surface area contributed by atoms with E-state index < -0.39 is 6.10 Å². The molecule has 0 bridgehead atoms. The van der Waals surface area contributed by atoms with E-state index in [0.29, 0.717) is 11.9 Å². The first-order chi connectivity index (χ1) is 14.1. The summed E-state index contributed by atoms with van der Waals surface area (Å²) in [6.45, 7) is 6.05. The number of aliphatic hydroxyl groups is 1. The highest BCUT2D eigenvalue weighted by Crippen LogP contribution is 2.21. The minimum atomic E-state index is -0.682. The van der Waals surface area contributed by atoms with Crippen LogP contribution < -0.4 is 20.1 Å². The molecule has 0 spiro atoms. The maximum absolute atomic E-state index is 10.4. The summed E-state index contributed by atoms with van der Waals surface area (Å²) in [6, 6.07) is 15.6. The molecule has 0 aliphatic carbocycles. The van der Waals surface area contributed by atoms with Crippen molar-refractivity contribution < 1.29 is 14.6 Å². The fourth-order valence-corrected chi connectivity index (χ4v) is 2.98. The summed E-state index contributed by atoms with van der Waals surface area (Å²) in [4.78, 5) is 4.52. The van der Waals surface area contributed by atoms with Gasteiger partial charge in [0.25, 0.3) is 0 Å². The smallest absolute Gasteiger partial charge is 0.191 e. The largest absolute Gasteiger partial charge is 0.497 e. The Labute approximate surface area is 174 Å². The molecule has 2 rings (SSSR count). The molecule has 0 heterocycles. The molecule has 0 saturated carbocycles. The first-order valence-corrected chi connectivity index (χ1v) is 10.1. The average molecular weight is 400 g/mol. The summed E-state index contributed by atoms with van der Waals surface area (Å²) in [5.74, 6) is 2.72. The molecule has 2 aromatic rings. The van der Waals surface area contributed by atoms with E-state index in [9.17, 15) is 5.11 Å². The minimum absolute atomic E-state index is 0.274. The van der Waals surface area contributed by atoms with Crippen molar-refractivity contribution in [3.8, 4) is 11.5 Å². The number of benzene rings is 2. The second-order valence-electron chi connectivity index (χ2n) is 6.90. The Morgan fingerprint density at radius 2 is 1.72 bits per heavy atom. The van der Waals surface area contributed by atoms with Gasteiger partial charge >= 0.3 is 0 Å². The predicted octanol–water partition coefficient (Wildman–Crippen LogP) is 3.49. The van der Waals surface area contributed by atoms with Crippen LogP contribution in [0.25, 0.3) is 0 Å². The van der Waals surface area contributed by atoms with Crippen LogP contribution in [0.3, 0.4) is 0 Å². The second-order valence-corrected chi connectivity index (χ2v) is 6.90. The Morgan fingerprint density at radius 3 is 2.38 bits per heavy atom. The fraction of sp³-hybridized carbons (Fsp3) is 0.435. The summed E-state index contributed by atoms with van der Waals surface area (Å²) < 4.78 is 10.4. The summed E-state index contributed by atoms with van der Waals surface area (Å²) >= 11 is 0. The molecule has 0 aliphatic heterocycles. The van der Waals surface area contributed by atoms with E-state index in [1.54, 1.807) is 14.2 Å². The van der Waals surface area contributed by atoms with Crippen LogP contribution in [0, 0.1) is 0 Å². The van der Waals surface area contributed by atoms with Gasteiger partial charge in [0, 0.05) is 13.1 Å².